The summed E-state index contributed by atoms with van der Waals surface area (Å²) in [5.74, 6) is 1.42. The average Bonchev–Trinajstić information content (AvgIpc) is 2.87. The molecule has 5 heterocycles. The summed E-state index contributed by atoms with van der Waals surface area (Å²) in [6.45, 7) is 13.8. The zero-order valence-electron chi connectivity index (χ0n) is 23.5. The Bertz CT molecular complexity index is 1380. The molecule has 0 unspecified atom stereocenters. The number of carbonyl (C=O) groups is 1. The number of nitrogens with zero attached hydrogens (tertiary/aromatic N) is 5. The number of piperazine rings is 1. The van der Waals surface area contributed by atoms with Gasteiger partial charge in [-0.25, -0.2) is 9.59 Å². The zero-order valence-corrected chi connectivity index (χ0v) is 26.7. The molecule has 0 bridgehead atoms. The van der Waals surface area contributed by atoms with Gasteiger partial charge in [0, 0.05) is 53.7 Å². The number of amides is 1. The van der Waals surface area contributed by atoms with E-state index in [-0.39, 0.29) is 23.9 Å². The van der Waals surface area contributed by atoms with Crippen molar-refractivity contribution in [1.82, 2.24) is 19.4 Å². The number of halogens is 2. The van der Waals surface area contributed by atoms with Gasteiger partial charge >= 0.3 is 11.8 Å². The molecule has 40 heavy (non-hydrogen) atoms. The predicted octanol–water partition coefficient (Wildman–Crippen LogP) is 5.02. The first-order valence-electron chi connectivity index (χ1n) is 14.1. The van der Waals surface area contributed by atoms with Crippen LogP contribution < -0.4 is 10.6 Å². The summed E-state index contributed by atoms with van der Waals surface area (Å²) in [5, 5.41) is 1.48. The number of hydrogen-bond acceptors (Lipinski definition) is 8. The molecule has 218 valence electrons. The molecule has 0 aliphatic carbocycles. The smallest absolute Gasteiger partial charge is 0.410 e. The second-order valence-corrected chi connectivity index (χ2v) is 14.9. The summed E-state index contributed by atoms with van der Waals surface area (Å²) >= 11 is 12.2. The van der Waals surface area contributed by atoms with E-state index in [9.17, 15) is 9.59 Å². The first-order valence-corrected chi connectivity index (χ1v) is 16.2. The van der Waals surface area contributed by atoms with Crippen LogP contribution in [-0.4, -0.2) is 95.3 Å². The van der Waals surface area contributed by atoms with Crippen molar-refractivity contribution in [2.24, 2.45) is 5.41 Å². The fraction of sp³-hybridized carbons (Fsp3) is 0.679. The number of benzene rings is 1. The first kappa shape index (κ1) is 28.6. The number of rotatable bonds is 3. The highest BCUT2D eigenvalue weighted by Gasteiger charge is 2.42. The van der Waals surface area contributed by atoms with Crippen LogP contribution >= 0.6 is 39.3 Å². The van der Waals surface area contributed by atoms with E-state index in [0.29, 0.717) is 35.9 Å². The molecule has 4 aliphatic heterocycles. The van der Waals surface area contributed by atoms with Crippen LogP contribution in [0.1, 0.15) is 46.6 Å². The lowest BCUT2D eigenvalue weighted by Gasteiger charge is -2.48. The third-order valence-electron chi connectivity index (χ3n) is 8.58. The van der Waals surface area contributed by atoms with Gasteiger partial charge in [-0.2, -0.15) is 4.98 Å². The topological polar surface area (TPSA) is 80.1 Å². The van der Waals surface area contributed by atoms with Gasteiger partial charge in [-0.1, -0.05) is 11.6 Å². The van der Waals surface area contributed by atoms with Gasteiger partial charge in [0.1, 0.15) is 11.4 Å². The van der Waals surface area contributed by atoms with Gasteiger partial charge in [-0.15, -0.1) is 11.8 Å². The molecule has 2 atom stereocenters. The number of anilines is 1. The molecule has 3 saturated heterocycles. The van der Waals surface area contributed by atoms with E-state index in [1.807, 2.05) is 31.4 Å². The lowest BCUT2D eigenvalue weighted by atomic mass is 9.77. The van der Waals surface area contributed by atoms with Crippen LogP contribution in [0.4, 0.5) is 10.6 Å². The van der Waals surface area contributed by atoms with Crippen LogP contribution in [0.5, 0.6) is 0 Å². The van der Waals surface area contributed by atoms with Crippen molar-refractivity contribution >= 4 is 62.1 Å². The van der Waals surface area contributed by atoms with E-state index in [1.165, 1.54) is 0 Å². The zero-order chi connectivity index (χ0) is 28.4. The predicted molar refractivity (Wildman–Crippen MR) is 162 cm³/mol. The maximum absolute atomic E-state index is 13.8. The molecule has 6 rings (SSSR count). The molecule has 9 nitrogen and oxygen atoms in total. The van der Waals surface area contributed by atoms with Crippen molar-refractivity contribution in [1.29, 1.82) is 0 Å². The average molecular weight is 655 g/mol. The van der Waals surface area contributed by atoms with Crippen LogP contribution in [0, 0.1) is 5.41 Å². The monoisotopic (exact) mass is 653 g/mol. The number of piperidine rings is 1. The van der Waals surface area contributed by atoms with Crippen molar-refractivity contribution in [2.75, 3.05) is 63.1 Å². The summed E-state index contributed by atoms with van der Waals surface area (Å²) < 4.78 is 13.8. The first-order chi connectivity index (χ1) is 18.9. The van der Waals surface area contributed by atoms with E-state index < -0.39 is 5.60 Å². The Labute approximate surface area is 252 Å². The van der Waals surface area contributed by atoms with Gasteiger partial charge in [0.15, 0.2) is 0 Å². The molecule has 3 fully saturated rings. The Kier molecular flexibility index (Phi) is 7.60. The number of thioether (sulfide) groups is 1. The minimum atomic E-state index is -0.552. The molecule has 0 N–H and O–H groups in total. The molecule has 0 radical (unpaired) electrons. The summed E-state index contributed by atoms with van der Waals surface area (Å²) in [6.07, 6.45) is 1.99. The molecular formula is C28H37BrClN5O4S. The van der Waals surface area contributed by atoms with Crippen LogP contribution in [0.15, 0.2) is 20.2 Å². The molecule has 1 amide bonds. The Morgan fingerprint density at radius 1 is 1.25 bits per heavy atom. The minimum Gasteiger partial charge on any atom is -0.444 e. The SMILES string of the molecule is C[C@H]1CN(C(=O)OC(C)(C)C)CCN1c1nc(=O)n2c3c(c(Br)c(Cl)cc13)SC[C@@H]2CN1CCC2(CC1)COC2. The third kappa shape index (κ3) is 5.25. The normalized spacial score (nSPS) is 24.9. The lowest BCUT2D eigenvalue weighted by Crippen LogP contribution is -2.55. The Morgan fingerprint density at radius 3 is 2.60 bits per heavy atom. The van der Waals surface area contributed by atoms with Gasteiger partial charge < -0.3 is 24.2 Å². The summed E-state index contributed by atoms with van der Waals surface area (Å²) in [6, 6.07) is 1.90. The molecule has 1 aromatic carbocycles. The molecule has 0 saturated carbocycles. The molecule has 2 aromatic rings. The van der Waals surface area contributed by atoms with Gasteiger partial charge in [-0.05, 0) is 75.6 Å². The maximum atomic E-state index is 13.8. The summed E-state index contributed by atoms with van der Waals surface area (Å²) in [7, 11) is 0. The van der Waals surface area contributed by atoms with Crippen LogP contribution in [0.3, 0.4) is 0 Å². The second kappa shape index (κ2) is 10.6. The van der Waals surface area contributed by atoms with Crippen LogP contribution in [-0.2, 0) is 9.47 Å². The van der Waals surface area contributed by atoms with Gasteiger partial charge in [0.05, 0.1) is 34.3 Å². The van der Waals surface area contributed by atoms with Gasteiger partial charge in [0.25, 0.3) is 0 Å². The van der Waals surface area contributed by atoms with Gasteiger partial charge in [-0.3, -0.25) is 4.57 Å². The second-order valence-electron chi connectivity index (χ2n) is 12.7. The number of ether oxygens (including phenoxy) is 2. The van der Waals surface area contributed by atoms with Crippen molar-refractivity contribution in [3.63, 3.8) is 0 Å². The highest BCUT2D eigenvalue weighted by atomic mass is 79.9. The molecule has 1 aromatic heterocycles. The Balaban J connectivity index is 1.30. The van der Waals surface area contributed by atoms with Crippen molar-refractivity contribution < 1.29 is 14.3 Å². The number of aromatic nitrogens is 2. The molecule has 12 heteroatoms. The van der Waals surface area contributed by atoms with Crippen molar-refractivity contribution in [2.45, 2.75) is 63.1 Å². The summed E-state index contributed by atoms with van der Waals surface area (Å²) in [4.78, 5) is 38.6. The van der Waals surface area contributed by atoms with E-state index in [0.717, 1.165) is 71.7 Å². The number of likely N-dealkylation sites (tertiary alicyclic amines) is 1. The van der Waals surface area contributed by atoms with Crippen molar-refractivity contribution in [3.8, 4) is 0 Å². The molecule has 1 spiro atoms. The highest BCUT2D eigenvalue weighted by molar-refractivity contribution is 9.10. The standard InChI is InChI=1S/C28H37BrClN5O4S/c1-17-12-33(26(37)39-27(2,3)4)9-10-34(17)24-19-11-20(30)21(29)23-22(19)35(25(36)31-24)18(14-40-23)13-32-7-5-28(6-8-32)15-38-16-28/h11,17-18H,5-10,12-16H2,1-4H3/t17-,18-/m0/s1. The fourth-order valence-electron chi connectivity index (χ4n) is 6.33. The number of hydrogen-bond donors (Lipinski definition) is 0. The van der Waals surface area contributed by atoms with Crippen LogP contribution in [0.25, 0.3) is 10.9 Å². The van der Waals surface area contributed by atoms with E-state index in [2.05, 4.69) is 32.7 Å². The van der Waals surface area contributed by atoms with E-state index >= 15 is 0 Å². The van der Waals surface area contributed by atoms with Crippen molar-refractivity contribution in [3.05, 3.63) is 26.0 Å². The summed E-state index contributed by atoms with van der Waals surface area (Å²) in [5.41, 5.74) is 0.494. The largest absolute Gasteiger partial charge is 0.444 e. The van der Waals surface area contributed by atoms with E-state index in [4.69, 9.17) is 26.1 Å². The van der Waals surface area contributed by atoms with Gasteiger partial charge in [0.2, 0.25) is 0 Å². The lowest BCUT2D eigenvalue weighted by molar-refractivity contribution is -0.140. The van der Waals surface area contributed by atoms with Crippen LogP contribution in [0.2, 0.25) is 5.02 Å². The highest BCUT2D eigenvalue weighted by Crippen LogP contribution is 2.46. The number of carbonyl (C=O) groups excluding carboxylic acids is 1. The van der Waals surface area contributed by atoms with E-state index in [1.54, 1.807) is 16.7 Å². The fourth-order valence-corrected chi connectivity index (χ4v) is 8.43. The quantitative estimate of drug-likeness (QED) is 0.457. The Morgan fingerprint density at radius 2 is 1.98 bits per heavy atom. The Hall–Kier alpha value is -1.53. The third-order valence-corrected chi connectivity index (χ3v) is 11.4. The maximum Gasteiger partial charge on any atom is 0.410 e. The molecular weight excluding hydrogens is 618 g/mol. The minimum absolute atomic E-state index is 0.0234. The molecule has 4 aliphatic rings.